The molecule has 0 aliphatic carbocycles. The van der Waals surface area contributed by atoms with Crippen molar-refractivity contribution in [1.29, 1.82) is 0 Å². The highest BCUT2D eigenvalue weighted by molar-refractivity contribution is 6.03. The highest BCUT2D eigenvalue weighted by Crippen LogP contribution is 2.30. The quantitative estimate of drug-likeness (QED) is 0.690. The van der Waals surface area contributed by atoms with Crippen molar-refractivity contribution in [2.75, 3.05) is 26.8 Å². The zero-order chi connectivity index (χ0) is 24.3. The number of imidazole rings is 1. The number of alkyl halides is 3. The van der Waals surface area contributed by atoms with Crippen molar-refractivity contribution < 1.29 is 27.5 Å². The molecule has 2 aromatic rings. The Balaban J connectivity index is 1.51. The Labute approximate surface area is 195 Å². The molecule has 1 atom stereocenters. The number of piperidine rings is 1. The lowest BCUT2D eigenvalue weighted by Gasteiger charge is -2.39. The van der Waals surface area contributed by atoms with Crippen LogP contribution < -0.4 is 10.1 Å². The molecular formula is C23H26F3N5O3. The Kier molecular flexibility index (Phi) is 6.80. The minimum absolute atomic E-state index is 0.102. The average Bonchev–Trinajstić information content (AvgIpc) is 3.24. The fourth-order valence-electron chi connectivity index (χ4n) is 4.13. The van der Waals surface area contributed by atoms with Gasteiger partial charge in [-0.05, 0) is 49.1 Å². The number of aryl methyl sites for hydroxylation is 1. The summed E-state index contributed by atoms with van der Waals surface area (Å²) < 4.78 is 44.7. The number of aromatic nitrogens is 2. The number of carbonyl (C=O) groups excluding carboxylic acids is 1. The highest BCUT2D eigenvalue weighted by Gasteiger charge is 2.34. The Bertz CT molecular complexity index is 1110. The number of hydrogen-bond acceptors (Lipinski definition) is 6. The SMILES string of the molecule is COc1cc(C=C2CCCN3C2=NOC[C@@H]3CC(=O)NCC(F)(F)F)ccc1-n1cnc(C)c1. The van der Waals surface area contributed by atoms with E-state index in [0.29, 0.717) is 18.1 Å². The Morgan fingerprint density at radius 1 is 1.38 bits per heavy atom. The molecule has 0 saturated carbocycles. The van der Waals surface area contributed by atoms with E-state index in [1.807, 2.05) is 52.2 Å². The first-order valence-corrected chi connectivity index (χ1v) is 10.9. The number of fused-ring (bicyclic) bond motifs is 1. The van der Waals surface area contributed by atoms with Crippen molar-refractivity contribution in [2.24, 2.45) is 5.16 Å². The molecule has 0 bridgehead atoms. The van der Waals surface area contributed by atoms with Crippen molar-refractivity contribution in [3.63, 3.8) is 0 Å². The molecule has 2 aliphatic heterocycles. The van der Waals surface area contributed by atoms with Gasteiger partial charge in [0.1, 0.15) is 18.9 Å². The van der Waals surface area contributed by atoms with Crippen LogP contribution in [-0.4, -0.2) is 65.2 Å². The van der Waals surface area contributed by atoms with Gasteiger partial charge >= 0.3 is 6.18 Å². The predicted octanol–water partition coefficient (Wildman–Crippen LogP) is 3.45. The first-order valence-electron chi connectivity index (χ1n) is 10.9. The maximum absolute atomic E-state index is 12.4. The van der Waals surface area contributed by atoms with Crippen LogP contribution in [0.2, 0.25) is 0 Å². The molecule has 0 spiro atoms. The van der Waals surface area contributed by atoms with E-state index in [1.165, 1.54) is 0 Å². The molecule has 11 heteroatoms. The van der Waals surface area contributed by atoms with Crippen LogP contribution in [0.1, 0.15) is 30.5 Å². The standard InChI is InChI=1S/C23H26F3N5O3/c1-15-11-30(14-28-15)19-6-5-16(9-20(19)33-2)8-17-4-3-7-31-18(12-34-29-22(17)31)10-21(32)27-13-23(24,25)26/h5-6,8-9,11,14,18H,3-4,7,10,12-13H2,1-2H3,(H,27,32)/t18-/m0/s1. The molecule has 1 amide bonds. The molecule has 1 aromatic heterocycles. The maximum Gasteiger partial charge on any atom is 0.405 e. The van der Waals surface area contributed by atoms with Gasteiger partial charge in [-0.3, -0.25) is 4.79 Å². The van der Waals surface area contributed by atoms with Crippen LogP contribution in [-0.2, 0) is 9.63 Å². The number of ether oxygens (including phenoxy) is 1. The van der Waals surface area contributed by atoms with Crippen molar-refractivity contribution >= 4 is 17.8 Å². The molecule has 182 valence electrons. The van der Waals surface area contributed by atoms with Gasteiger partial charge in [-0.1, -0.05) is 11.2 Å². The second kappa shape index (κ2) is 9.78. The van der Waals surface area contributed by atoms with Gasteiger partial charge in [0.15, 0.2) is 5.84 Å². The molecule has 0 unspecified atom stereocenters. The van der Waals surface area contributed by atoms with E-state index in [4.69, 9.17) is 9.57 Å². The Hall–Kier alpha value is -3.50. The fraction of sp³-hybridized carbons (Fsp3) is 0.435. The summed E-state index contributed by atoms with van der Waals surface area (Å²) >= 11 is 0. The van der Waals surface area contributed by atoms with Gasteiger partial charge in [0.05, 0.1) is 37.3 Å². The molecule has 3 heterocycles. The van der Waals surface area contributed by atoms with Gasteiger partial charge in [0, 0.05) is 12.7 Å². The number of amides is 1. The topological polar surface area (TPSA) is 81.0 Å². The summed E-state index contributed by atoms with van der Waals surface area (Å²) in [5.74, 6) is 0.623. The van der Waals surface area contributed by atoms with Crippen LogP contribution in [0.5, 0.6) is 5.75 Å². The molecular weight excluding hydrogens is 451 g/mol. The first-order chi connectivity index (χ1) is 16.2. The van der Waals surface area contributed by atoms with Gasteiger partial charge in [-0.25, -0.2) is 4.98 Å². The van der Waals surface area contributed by atoms with E-state index < -0.39 is 18.6 Å². The second-order valence-corrected chi connectivity index (χ2v) is 8.28. The number of benzene rings is 1. The number of rotatable bonds is 6. The molecule has 34 heavy (non-hydrogen) atoms. The third kappa shape index (κ3) is 5.52. The minimum atomic E-state index is -4.44. The Morgan fingerprint density at radius 3 is 2.91 bits per heavy atom. The fourth-order valence-corrected chi connectivity index (χ4v) is 4.13. The lowest BCUT2D eigenvalue weighted by atomic mass is 9.97. The monoisotopic (exact) mass is 477 g/mol. The molecule has 2 aliphatic rings. The van der Waals surface area contributed by atoms with Crippen LogP contribution in [0.15, 0.2) is 41.5 Å². The summed E-state index contributed by atoms with van der Waals surface area (Å²) in [4.78, 5) is 23.6. The van der Waals surface area contributed by atoms with E-state index in [-0.39, 0.29) is 19.1 Å². The molecule has 1 N–H and O–H groups in total. The van der Waals surface area contributed by atoms with Crippen LogP contribution in [0.25, 0.3) is 11.8 Å². The average molecular weight is 477 g/mol. The van der Waals surface area contributed by atoms with Crippen molar-refractivity contribution in [3.8, 4) is 11.4 Å². The van der Waals surface area contributed by atoms with Gasteiger partial charge in [-0.15, -0.1) is 0 Å². The summed E-state index contributed by atoms with van der Waals surface area (Å²) in [7, 11) is 1.61. The number of carbonyl (C=O) groups is 1. The number of nitrogens with zero attached hydrogens (tertiary/aromatic N) is 4. The zero-order valence-corrected chi connectivity index (χ0v) is 18.9. The van der Waals surface area contributed by atoms with Gasteiger partial charge < -0.3 is 24.4 Å². The van der Waals surface area contributed by atoms with Crippen LogP contribution in [0.3, 0.4) is 0 Å². The number of oxime groups is 1. The van der Waals surface area contributed by atoms with Gasteiger partial charge in [0.2, 0.25) is 5.91 Å². The lowest BCUT2D eigenvalue weighted by molar-refractivity contribution is -0.139. The van der Waals surface area contributed by atoms with E-state index in [2.05, 4.69) is 10.1 Å². The van der Waals surface area contributed by atoms with E-state index >= 15 is 0 Å². The second-order valence-electron chi connectivity index (χ2n) is 8.28. The maximum atomic E-state index is 12.4. The lowest BCUT2D eigenvalue weighted by Crippen LogP contribution is -2.51. The zero-order valence-electron chi connectivity index (χ0n) is 18.9. The Morgan fingerprint density at radius 2 is 2.21 bits per heavy atom. The third-order valence-electron chi connectivity index (χ3n) is 5.70. The number of halogens is 3. The minimum Gasteiger partial charge on any atom is -0.495 e. The van der Waals surface area contributed by atoms with E-state index in [1.54, 1.807) is 13.4 Å². The molecule has 0 radical (unpaired) electrons. The number of nitrogens with one attached hydrogen (secondary N) is 1. The molecule has 1 fully saturated rings. The third-order valence-corrected chi connectivity index (χ3v) is 5.70. The summed E-state index contributed by atoms with van der Waals surface area (Å²) in [5, 5.41) is 6.13. The van der Waals surface area contributed by atoms with Crippen molar-refractivity contribution in [1.82, 2.24) is 19.8 Å². The molecule has 4 rings (SSSR count). The summed E-state index contributed by atoms with van der Waals surface area (Å²) in [6.45, 7) is 1.36. The van der Waals surface area contributed by atoms with E-state index in [0.717, 1.165) is 35.4 Å². The van der Waals surface area contributed by atoms with E-state index in [9.17, 15) is 18.0 Å². The molecule has 1 aromatic carbocycles. The smallest absolute Gasteiger partial charge is 0.405 e. The van der Waals surface area contributed by atoms with Crippen molar-refractivity contribution in [3.05, 3.63) is 47.6 Å². The number of hydrogen-bond donors (Lipinski definition) is 1. The summed E-state index contributed by atoms with van der Waals surface area (Å²) in [6.07, 6.45) is 2.67. The van der Waals surface area contributed by atoms with Gasteiger partial charge in [0.25, 0.3) is 0 Å². The summed E-state index contributed by atoms with van der Waals surface area (Å²) in [5.41, 5.74) is 3.59. The van der Waals surface area contributed by atoms with Crippen LogP contribution in [0, 0.1) is 6.92 Å². The van der Waals surface area contributed by atoms with Crippen LogP contribution >= 0.6 is 0 Å². The first kappa shape index (κ1) is 23.7. The van der Waals surface area contributed by atoms with Crippen LogP contribution in [0.4, 0.5) is 13.2 Å². The molecule has 1 saturated heterocycles. The normalized spacial score (nSPS) is 19.3. The molecule has 8 nitrogen and oxygen atoms in total. The largest absolute Gasteiger partial charge is 0.495 e. The van der Waals surface area contributed by atoms with Crippen molar-refractivity contribution in [2.45, 2.75) is 38.4 Å². The predicted molar refractivity (Wildman–Crippen MR) is 120 cm³/mol. The number of methoxy groups -OCH3 is 1. The highest BCUT2D eigenvalue weighted by atomic mass is 19.4. The summed E-state index contributed by atoms with van der Waals surface area (Å²) in [6, 6.07) is 5.44. The number of amidine groups is 1. The van der Waals surface area contributed by atoms with Gasteiger partial charge in [-0.2, -0.15) is 13.2 Å².